The fourth-order valence-corrected chi connectivity index (χ4v) is 4.05. The van der Waals surface area contributed by atoms with Crippen molar-refractivity contribution in [3.05, 3.63) is 29.8 Å². The smallest absolute Gasteiger partial charge is 0.149 e. The molecule has 0 saturated heterocycles. The molecule has 0 amide bonds. The number of Topliss-reactive ketones (excluding diaryl/α,β-unsaturated/α-hetero) is 2. The molecule has 0 aromatic heterocycles. The number of benzene rings is 1. The summed E-state index contributed by atoms with van der Waals surface area (Å²) in [4.78, 5) is 25.0. The van der Waals surface area contributed by atoms with Crippen LogP contribution in [-0.2, 0) is 9.59 Å². The van der Waals surface area contributed by atoms with E-state index in [0.29, 0.717) is 6.42 Å². The predicted molar refractivity (Wildman–Crippen MR) is 75.8 cm³/mol. The monoisotopic (exact) mass is 272 g/mol. The Balaban J connectivity index is 2.02. The number of hydrogen-bond donors (Lipinski definition) is 0. The van der Waals surface area contributed by atoms with Gasteiger partial charge in [0.1, 0.15) is 17.3 Å². The molecule has 0 N–H and O–H groups in total. The van der Waals surface area contributed by atoms with Crippen LogP contribution in [-0.4, -0.2) is 18.7 Å². The fourth-order valence-electron chi connectivity index (χ4n) is 4.05. The normalized spacial score (nSPS) is 33.1. The van der Waals surface area contributed by atoms with Crippen molar-refractivity contribution in [2.75, 3.05) is 7.11 Å². The van der Waals surface area contributed by atoms with Crippen LogP contribution in [0.1, 0.15) is 44.1 Å². The molecule has 1 aromatic carbocycles. The number of carbonyl (C=O) groups excluding carboxylic acids is 2. The lowest BCUT2D eigenvalue weighted by atomic mass is 9.72. The third kappa shape index (κ3) is 1.72. The molecule has 2 fully saturated rings. The maximum Gasteiger partial charge on any atom is 0.149 e. The SMILES string of the molecule is COc1ccc([C@H]2C[C@@H](C)C(=O)[C@]23CCCC3=O)cc1. The quantitative estimate of drug-likeness (QED) is 0.777. The molecule has 3 heteroatoms. The average Bonchev–Trinajstić information content (AvgIpc) is 2.97. The van der Waals surface area contributed by atoms with E-state index in [4.69, 9.17) is 4.74 Å². The molecule has 0 aliphatic heterocycles. The first-order valence-corrected chi connectivity index (χ1v) is 7.31. The summed E-state index contributed by atoms with van der Waals surface area (Å²) >= 11 is 0. The van der Waals surface area contributed by atoms with Crippen LogP contribution in [0, 0.1) is 11.3 Å². The first-order chi connectivity index (χ1) is 9.59. The van der Waals surface area contributed by atoms with Crippen molar-refractivity contribution in [3.8, 4) is 5.75 Å². The zero-order chi connectivity index (χ0) is 14.3. The molecule has 1 spiro atoms. The van der Waals surface area contributed by atoms with Crippen LogP contribution >= 0.6 is 0 Å². The number of methoxy groups -OCH3 is 1. The highest BCUT2D eigenvalue weighted by Gasteiger charge is 2.59. The molecule has 0 heterocycles. The van der Waals surface area contributed by atoms with Gasteiger partial charge < -0.3 is 4.74 Å². The summed E-state index contributed by atoms with van der Waals surface area (Å²) in [6.07, 6.45) is 2.93. The van der Waals surface area contributed by atoms with E-state index < -0.39 is 5.41 Å². The van der Waals surface area contributed by atoms with Crippen LogP contribution in [0.15, 0.2) is 24.3 Å². The van der Waals surface area contributed by atoms with Gasteiger partial charge in [-0.2, -0.15) is 0 Å². The molecular formula is C17H20O3. The summed E-state index contributed by atoms with van der Waals surface area (Å²) in [7, 11) is 1.64. The van der Waals surface area contributed by atoms with Gasteiger partial charge in [-0.25, -0.2) is 0 Å². The second-order valence-electron chi connectivity index (χ2n) is 6.07. The van der Waals surface area contributed by atoms with Crippen LogP contribution in [0.5, 0.6) is 5.75 Å². The van der Waals surface area contributed by atoms with Gasteiger partial charge in [0, 0.05) is 18.3 Å². The molecule has 0 radical (unpaired) electrons. The van der Waals surface area contributed by atoms with E-state index >= 15 is 0 Å². The lowest BCUT2D eigenvalue weighted by Crippen LogP contribution is -2.36. The zero-order valence-electron chi connectivity index (χ0n) is 12.0. The van der Waals surface area contributed by atoms with Gasteiger partial charge in [-0.05, 0) is 37.0 Å². The Hall–Kier alpha value is -1.64. The molecule has 0 bridgehead atoms. The summed E-state index contributed by atoms with van der Waals surface area (Å²) in [5.74, 6) is 1.17. The van der Waals surface area contributed by atoms with Crippen LogP contribution < -0.4 is 4.74 Å². The topological polar surface area (TPSA) is 43.4 Å². The third-order valence-electron chi connectivity index (χ3n) is 5.06. The lowest BCUT2D eigenvalue weighted by Gasteiger charge is -2.28. The van der Waals surface area contributed by atoms with Crippen LogP contribution in [0.3, 0.4) is 0 Å². The number of hydrogen-bond acceptors (Lipinski definition) is 3. The van der Waals surface area contributed by atoms with Gasteiger partial charge in [0.05, 0.1) is 12.5 Å². The van der Waals surface area contributed by atoms with E-state index in [0.717, 1.165) is 30.6 Å². The maximum atomic E-state index is 12.6. The second kappa shape index (κ2) is 4.72. The van der Waals surface area contributed by atoms with E-state index in [1.807, 2.05) is 31.2 Å². The molecule has 106 valence electrons. The van der Waals surface area contributed by atoms with Gasteiger partial charge in [-0.3, -0.25) is 9.59 Å². The Morgan fingerprint density at radius 3 is 2.45 bits per heavy atom. The minimum absolute atomic E-state index is 0.0100. The standard InChI is InChI=1S/C17H20O3/c1-11-10-14(12-5-7-13(20-2)8-6-12)17(16(11)19)9-3-4-15(17)18/h5-8,11,14H,3-4,9-10H2,1-2H3/t11-,14-,17-/m1/s1. The maximum absolute atomic E-state index is 12.6. The van der Waals surface area contributed by atoms with Gasteiger partial charge in [0.2, 0.25) is 0 Å². The van der Waals surface area contributed by atoms with Crippen LogP contribution in [0.4, 0.5) is 0 Å². The van der Waals surface area contributed by atoms with Crippen molar-refractivity contribution in [1.29, 1.82) is 0 Å². The summed E-state index contributed by atoms with van der Waals surface area (Å²) < 4.78 is 5.18. The Kier molecular flexibility index (Phi) is 3.15. The Labute approximate surface area is 119 Å². The number of carbonyl (C=O) groups is 2. The highest BCUT2D eigenvalue weighted by atomic mass is 16.5. The highest BCUT2D eigenvalue weighted by molar-refractivity contribution is 6.11. The van der Waals surface area contributed by atoms with Gasteiger partial charge in [0.15, 0.2) is 0 Å². The van der Waals surface area contributed by atoms with E-state index in [2.05, 4.69) is 0 Å². The Bertz CT molecular complexity index is 546. The van der Waals surface area contributed by atoms with Gasteiger partial charge in [-0.1, -0.05) is 19.1 Å². The molecular weight excluding hydrogens is 252 g/mol. The van der Waals surface area contributed by atoms with Gasteiger partial charge >= 0.3 is 0 Å². The fraction of sp³-hybridized carbons (Fsp3) is 0.529. The minimum Gasteiger partial charge on any atom is -0.497 e. The van der Waals surface area contributed by atoms with E-state index in [1.165, 1.54) is 0 Å². The third-order valence-corrected chi connectivity index (χ3v) is 5.06. The summed E-state index contributed by atoms with van der Waals surface area (Å²) in [6.45, 7) is 1.96. The Morgan fingerprint density at radius 1 is 1.20 bits per heavy atom. The molecule has 2 saturated carbocycles. The van der Waals surface area contributed by atoms with E-state index in [9.17, 15) is 9.59 Å². The van der Waals surface area contributed by atoms with Crippen LogP contribution in [0.25, 0.3) is 0 Å². The molecule has 1 aromatic rings. The van der Waals surface area contributed by atoms with Crippen molar-refractivity contribution >= 4 is 11.6 Å². The van der Waals surface area contributed by atoms with Crippen LogP contribution in [0.2, 0.25) is 0 Å². The molecule has 20 heavy (non-hydrogen) atoms. The summed E-state index contributed by atoms with van der Waals surface area (Å²) in [5.41, 5.74) is 0.368. The van der Waals surface area contributed by atoms with Gasteiger partial charge in [0.25, 0.3) is 0 Å². The van der Waals surface area contributed by atoms with Crippen molar-refractivity contribution < 1.29 is 14.3 Å². The molecule has 3 atom stereocenters. The average molecular weight is 272 g/mol. The van der Waals surface area contributed by atoms with Crippen molar-refractivity contribution in [2.45, 2.75) is 38.5 Å². The molecule has 3 rings (SSSR count). The summed E-state index contributed by atoms with van der Waals surface area (Å²) in [5, 5.41) is 0. The largest absolute Gasteiger partial charge is 0.497 e. The van der Waals surface area contributed by atoms with Crippen molar-refractivity contribution in [2.24, 2.45) is 11.3 Å². The second-order valence-corrected chi connectivity index (χ2v) is 6.07. The molecule has 2 aliphatic rings. The van der Waals surface area contributed by atoms with Gasteiger partial charge in [-0.15, -0.1) is 0 Å². The molecule has 2 aliphatic carbocycles. The Morgan fingerprint density at radius 2 is 1.90 bits per heavy atom. The van der Waals surface area contributed by atoms with E-state index in [-0.39, 0.29) is 23.4 Å². The number of ether oxygens (including phenoxy) is 1. The minimum atomic E-state index is -0.728. The molecule has 0 unspecified atom stereocenters. The first-order valence-electron chi connectivity index (χ1n) is 7.31. The lowest BCUT2D eigenvalue weighted by molar-refractivity contribution is -0.138. The highest BCUT2D eigenvalue weighted by Crippen LogP contribution is 2.56. The predicted octanol–water partition coefficient (Wildman–Crippen LogP) is 3.13. The summed E-state index contributed by atoms with van der Waals surface area (Å²) in [6, 6.07) is 7.83. The van der Waals surface area contributed by atoms with E-state index in [1.54, 1.807) is 7.11 Å². The van der Waals surface area contributed by atoms with Crippen molar-refractivity contribution in [1.82, 2.24) is 0 Å². The molecule has 3 nitrogen and oxygen atoms in total. The number of rotatable bonds is 2. The van der Waals surface area contributed by atoms with Crippen molar-refractivity contribution in [3.63, 3.8) is 0 Å². The first kappa shape index (κ1) is 13.3. The number of ketones is 2. The zero-order valence-corrected chi connectivity index (χ0v) is 12.0.